The van der Waals surface area contributed by atoms with Gasteiger partial charge in [0.25, 0.3) is 0 Å². The fourth-order valence-corrected chi connectivity index (χ4v) is 2.06. The largest absolute Gasteiger partial charge is 0.324 e. The van der Waals surface area contributed by atoms with Crippen molar-refractivity contribution in [2.75, 3.05) is 5.32 Å². The molecule has 0 radical (unpaired) electrons. The van der Waals surface area contributed by atoms with Crippen LogP contribution in [0.1, 0.15) is 5.56 Å². The third kappa shape index (κ3) is 3.69. The van der Waals surface area contributed by atoms with E-state index in [0.29, 0.717) is 21.3 Å². The van der Waals surface area contributed by atoms with E-state index >= 15 is 0 Å². The Bertz CT molecular complexity index is 616. The van der Waals surface area contributed by atoms with Gasteiger partial charge in [-0.3, -0.25) is 4.79 Å². The Hall–Kier alpha value is -1.58. The lowest BCUT2D eigenvalue weighted by Gasteiger charge is -2.08. The van der Waals surface area contributed by atoms with Gasteiger partial charge in [-0.2, -0.15) is 0 Å². The van der Waals surface area contributed by atoms with E-state index in [9.17, 15) is 9.18 Å². The molecule has 0 bridgehead atoms. The van der Waals surface area contributed by atoms with Crippen molar-refractivity contribution in [3.05, 3.63) is 63.9 Å². The van der Waals surface area contributed by atoms with Gasteiger partial charge in [0.15, 0.2) is 0 Å². The van der Waals surface area contributed by atoms with E-state index < -0.39 is 5.82 Å². The Balaban J connectivity index is 2.08. The van der Waals surface area contributed by atoms with E-state index in [1.807, 2.05) is 0 Å². The van der Waals surface area contributed by atoms with Crippen LogP contribution in [-0.2, 0) is 11.2 Å². The fraction of sp³-hybridized carbons (Fsp3) is 0.0714. The Labute approximate surface area is 120 Å². The second kappa shape index (κ2) is 6.04. The fourth-order valence-electron chi connectivity index (χ4n) is 1.60. The van der Waals surface area contributed by atoms with Crippen LogP contribution >= 0.6 is 23.2 Å². The minimum atomic E-state index is -0.403. The zero-order chi connectivity index (χ0) is 13.8. The molecule has 0 fully saturated rings. The van der Waals surface area contributed by atoms with Crippen LogP contribution in [0, 0.1) is 5.82 Å². The number of halogens is 3. The van der Waals surface area contributed by atoms with Crippen molar-refractivity contribution in [3.63, 3.8) is 0 Å². The highest BCUT2D eigenvalue weighted by Gasteiger charge is 2.09. The first-order valence-corrected chi connectivity index (χ1v) is 6.30. The number of rotatable bonds is 3. The summed E-state index contributed by atoms with van der Waals surface area (Å²) < 4.78 is 13.4. The lowest BCUT2D eigenvalue weighted by atomic mass is 10.1. The van der Waals surface area contributed by atoms with Gasteiger partial charge in [0.05, 0.1) is 17.1 Å². The van der Waals surface area contributed by atoms with Gasteiger partial charge in [-0.25, -0.2) is 4.39 Å². The molecule has 2 aromatic carbocycles. The molecule has 1 amide bonds. The average molecular weight is 298 g/mol. The highest BCUT2D eigenvalue weighted by molar-refractivity contribution is 6.36. The van der Waals surface area contributed by atoms with E-state index in [-0.39, 0.29) is 12.3 Å². The zero-order valence-electron chi connectivity index (χ0n) is 9.79. The lowest BCUT2D eigenvalue weighted by molar-refractivity contribution is -0.115. The van der Waals surface area contributed by atoms with Crippen LogP contribution in [0.2, 0.25) is 10.0 Å². The second-order valence-corrected chi connectivity index (χ2v) is 4.78. The molecule has 0 heterocycles. The van der Waals surface area contributed by atoms with Crippen molar-refractivity contribution >= 4 is 34.8 Å². The molecule has 19 heavy (non-hydrogen) atoms. The maximum absolute atomic E-state index is 13.4. The zero-order valence-corrected chi connectivity index (χ0v) is 11.3. The van der Waals surface area contributed by atoms with Gasteiger partial charge in [-0.15, -0.1) is 0 Å². The minimum Gasteiger partial charge on any atom is -0.324 e. The van der Waals surface area contributed by atoms with Crippen molar-refractivity contribution in [1.82, 2.24) is 0 Å². The summed E-state index contributed by atoms with van der Waals surface area (Å²) in [6.07, 6.45) is -0.0500. The average Bonchev–Trinajstić information content (AvgIpc) is 2.36. The quantitative estimate of drug-likeness (QED) is 0.898. The van der Waals surface area contributed by atoms with Crippen LogP contribution in [0.5, 0.6) is 0 Å². The lowest BCUT2D eigenvalue weighted by Crippen LogP contribution is -2.15. The minimum absolute atomic E-state index is 0.0500. The molecule has 0 atom stereocenters. The van der Waals surface area contributed by atoms with Gasteiger partial charge >= 0.3 is 0 Å². The van der Waals surface area contributed by atoms with Crippen molar-refractivity contribution in [2.45, 2.75) is 6.42 Å². The number of benzene rings is 2. The van der Waals surface area contributed by atoms with Crippen LogP contribution in [-0.4, -0.2) is 5.91 Å². The van der Waals surface area contributed by atoms with Gasteiger partial charge in [-0.05, 0) is 29.8 Å². The molecule has 2 rings (SSSR count). The summed E-state index contributed by atoms with van der Waals surface area (Å²) >= 11 is 11.7. The third-order valence-electron chi connectivity index (χ3n) is 2.51. The van der Waals surface area contributed by atoms with Crippen LogP contribution in [0.4, 0.5) is 10.1 Å². The van der Waals surface area contributed by atoms with Gasteiger partial charge in [-0.1, -0.05) is 41.4 Å². The molecular formula is C14H10Cl2FNO. The number of hydrogen-bond acceptors (Lipinski definition) is 1. The molecule has 5 heteroatoms. The first-order valence-electron chi connectivity index (χ1n) is 5.54. The highest BCUT2D eigenvalue weighted by Crippen LogP contribution is 2.25. The molecule has 98 valence electrons. The molecule has 0 saturated carbocycles. The van der Waals surface area contributed by atoms with Gasteiger partial charge in [0.2, 0.25) is 5.91 Å². The maximum Gasteiger partial charge on any atom is 0.228 e. The molecule has 0 aromatic heterocycles. The summed E-state index contributed by atoms with van der Waals surface area (Å²) in [5.74, 6) is -0.742. The van der Waals surface area contributed by atoms with Crippen molar-refractivity contribution in [1.29, 1.82) is 0 Å². The Morgan fingerprint density at radius 3 is 2.58 bits per heavy atom. The molecule has 2 nitrogen and oxygen atoms in total. The van der Waals surface area contributed by atoms with Crippen LogP contribution in [0.3, 0.4) is 0 Å². The van der Waals surface area contributed by atoms with Gasteiger partial charge in [0.1, 0.15) is 5.82 Å². The van der Waals surface area contributed by atoms with Crippen molar-refractivity contribution < 1.29 is 9.18 Å². The molecule has 0 unspecified atom stereocenters. The summed E-state index contributed by atoms with van der Waals surface area (Å²) in [4.78, 5) is 11.8. The Kier molecular flexibility index (Phi) is 4.40. The first-order chi connectivity index (χ1) is 9.06. The van der Waals surface area contributed by atoms with Crippen molar-refractivity contribution in [2.24, 2.45) is 0 Å². The Morgan fingerprint density at radius 1 is 1.16 bits per heavy atom. The Morgan fingerprint density at radius 2 is 1.89 bits per heavy atom. The first kappa shape index (κ1) is 13.8. The number of carbonyl (C=O) groups excluding carboxylic acids is 1. The number of hydrogen-bond donors (Lipinski definition) is 1. The van der Waals surface area contributed by atoms with E-state index in [1.165, 1.54) is 12.1 Å². The number of carbonyl (C=O) groups is 1. The summed E-state index contributed by atoms with van der Waals surface area (Å²) in [5.41, 5.74) is 0.789. The monoisotopic (exact) mass is 297 g/mol. The van der Waals surface area contributed by atoms with Crippen LogP contribution in [0.25, 0.3) is 0 Å². The second-order valence-electron chi connectivity index (χ2n) is 3.94. The maximum atomic E-state index is 13.4. The molecule has 0 aliphatic rings. The highest BCUT2D eigenvalue weighted by atomic mass is 35.5. The predicted molar refractivity (Wildman–Crippen MR) is 75.2 cm³/mol. The molecule has 0 spiro atoms. The molecule has 2 aromatic rings. The third-order valence-corrected chi connectivity index (χ3v) is 3.06. The molecule has 0 aliphatic heterocycles. The number of amides is 1. The summed E-state index contributed by atoms with van der Waals surface area (Å²) in [6.45, 7) is 0. The number of anilines is 1. The molecule has 0 aliphatic carbocycles. The van der Waals surface area contributed by atoms with Gasteiger partial charge in [0, 0.05) is 5.02 Å². The van der Waals surface area contributed by atoms with Crippen LogP contribution in [0.15, 0.2) is 42.5 Å². The smallest absolute Gasteiger partial charge is 0.228 e. The normalized spacial score (nSPS) is 10.3. The van der Waals surface area contributed by atoms with Crippen molar-refractivity contribution in [3.8, 4) is 0 Å². The summed E-state index contributed by atoms with van der Waals surface area (Å²) in [5, 5.41) is 3.44. The van der Waals surface area contributed by atoms with Crippen LogP contribution < -0.4 is 5.32 Å². The summed E-state index contributed by atoms with van der Waals surface area (Å²) in [7, 11) is 0. The SMILES string of the molecule is O=C(Cc1ccccc1F)Nc1ccc(Cl)cc1Cl. The van der Waals surface area contributed by atoms with E-state index in [0.717, 1.165) is 0 Å². The topological polar surface area (TPSA) is 29.1 Å². The molecule has 0 saturated heterocycles. The molecular weight excluding hydrogens is 288 g/mol. The summed E-state index contributed by atoms with van der Waals surface area (Å²) in [6, 6.07) is 10.9. The number of nitrogens with one attached hydrogen (secondary N) is 1. The van der Waals surface area contributed by atoms with E-state index in [4.69, 9.17) is 23.2 Å². The van der Waals surface area contributed by atoms with E-state index in [2.05, 4.69) is 5.32 Å². The standard InChI is InChI=1S/C14H10Cl2FNO/c15-10-5-6-13(11(16)8-10)18-14(19)7-9-3-1-2-4-12(9)17/h1-6,8H,7H2,(H,18,19). The predicted octanol–water partition coefficient (Wildman–Crippen LogP) is 4.31. The van der Waals surface area contributed by atoms with E-state index in [1.54, 1.807) is 30.3 Å². The molecule has 1 N–H and O–H groups in total. The van der Waals surface area contributed by atoms with Gasteiger partial charge < -0.3 is 5.32 Å².